The SMILES string of the molecule is O=C(C1CCCCCC1)N1CCOC(c2cc(F)c(Cl)cc2Cl)C1. The Morgan fingerprint density at radius 3 is 2.54 bits per heavy atom. The Kier molecular flexibility index (Phi) is 6.01. The maximum absolute atomic E-state index is 13.8. The highest BCUT2D eigenvalue weighted by molar-refractivity contribution is 6.35. The van der Waals surface area contributed by atoms with Crippen LogP contribution in [-0.4, -0.2) is 30.5 Å². The van der Waals surface area contributed by atoms with Crippen molar-refractivity contribution in [3.05, 3.63) is 33.6 Å². The van der Waals surface area contributed by atoms with Crippen molar-refractivity contribution in [3.8, 4) is 0 Å². The van der Waals surface area contributed by atoms with Gasteiger partial charge in [-0.1, -0.05) is 48.9 Å². The van der Waals surface area contributed by atoms with E-state index in [4.69, 9.17) is 27.9 Å². The van der Waals surface area contributed by atoms with E-state index in [0.717, 1.165) is 25.7 Å². The molecule has 1 amide bonds. The predicted molar refractivity (Wildman–Crippen MR) is 92.9 cm³/mol. The highest BCUT2D eigenvalue weighted by Gasteiger charge is 2.31. The van der Waals surface area contributed by atoms with Crippen LogP contribution in [0.1, 0.15) is 50.2 Å². The Bertz CT molecular complexity index is 603. The molecule has 0 aromatic heterocycles. The molecule has 0 spiro atoms. The summed E-state index contributed by atoms with van der Waals surface area (Å²) in [6.45, 7) is 1.43. The molecule has 1 saturated heterocycles. The maximum Gasteiger partial charge on any atom is 0.225 e. The molecule has 1 aromatic rings. The number of halogens is 3. The number of hydrogen-bond donors (Lipinski definition) is 0. The molecule has 24 heavy (non-hydrogen) atoms. The van der Waals surface area contributed by atoms with Crippen LogP contribution in [0.4, 0.5) is 4.39 Å². The zero-order valence-corrected chi connectivity index (χ0v) is 15.1. The monoisotopic (exact) mass is 373 g/mol. The number of carbonyl (C=O) groups excluding carboxylic acids is 1. The van der Waals surface area contributed by atoms with Crippen molar-refractivity contribution < 1.29 is 13.9 Å². The van der Waals surface area contributed by atoms with Crippen molar-refractivity contribution in [2.45, 2.75) is 44.6 Å². The number of carbonyl (C=O) groups is 1. The van der Waals surface area contributed by atoms with Gasteiger partial charge in [0.05, 0.1) is 18.2 Å². The Hall–Kier alpha value is -0.840. The van der Waals surface area contributed by atoms with Crippen molar-refractivity contribution in [2.24, 2.45) is 5.92 Å². The first-order valence-electron chi connectivity index (χ1n) is 8.61. The van der Waals surface area contributed by atoms with Crippen LogP contribution in [0.3, 0.4) is 0 Å². The maximum atomic E-state index is 13.8. The summed E-state index contributed by atoms with van der Waals surface area (Å²) in [5, 5.41) is 0.362. The molecule has 1 atom stereocenters. The third-order valence-corrected chi connectivity index (χ3v) is 5.59. The highest BCUT2D eigenvalue weighted by Crippen LogP contribution is 2.33. The zero-order chi connectivity index (χ0) is 17.1. The fourth-order valence-electron chi connectivity index (χ4n) is 3.61. The molecule has 1 saturated carbocycles. The van der Waals surface area contributed by atoms with Gasteiger partial charge in [0, 0.05) is 23.0 Å². The van der Waals surface area contributed by atoms with Crippen molar-refractivity contribution >= 4 is 29.1 Å². The van der Waals surface area contributed by atoms with Crippen molar-refractivity contribution in [3.63, 3.8) is 0 Å². The number of amides is 1. The largest absolute Gasteiger partial charge is 0.370 e. The van der Waals surface area contributed by atoms with Gasteiger partial charge in [-0.05, 0) is 25.0 Å². The number of benzene rings is 1. The quantitative estimate of drug-likeness (QED) is 0.538. The summed E-state index contributed by atoms with van der Waals surface area (Å²) in [7, 11) is 0. The first kappa shape index (κ1) is 18.0. The van der Waals surface area contributed by atoms with Crippen LogP contribution >= 0.6 is 23.2 Å². The lowest BCUT2D eigenvalue weighted by atomic mass is 9.97. The summed E-state index contributed by atoms with van der Waals surface area (Å²) < 4.78 is 19.5. The van der Waals surface area contributed by atoms with E-state index in [2.05, 4.69) is 0 Å². The Labute approximate surface area is 152 Å². The van der Waals surface area contributed by atoms with Gasteiger partial charge in [-0.25, -0.2) is 4.39 Å². The fraction of sp³-hybridized carbons (Fsp3) is 0.611. The lowest BCUT2D eigenvalue weighted by molar-refractivity contribution is -0.143. The first-order chi connectivity index (χ1) is 11.6. The Balaban J connectivity index is 1.72. The molecule has 132 valence electrons. The van der Waals surface area contributed by atoms with Crippen LogP contribution in [0.15, 0.2) is 12.1 Å². The van der Waals surface area contributed by atoms with Gasteiger partial charge in [0.15, 0.2) is 0 Å². The average Bonchev–Trinajstić information content (AvgIpc) is 2.87. The molecule has 0 radical (unpaired) electrons. The highest BCUT2D eigenvalue weighted by atomic mass is 35.5. The molecule has 1 heterocycles. The van der Waals surface area contributed by atoms with Gasteiger partial charge < -0.3 is 9.64 Å². The molecule has 3 nitrogen and oxygen atoms in total. The molecule has 2 fully saturated rings. The van der Waals surface area contributed by atoms with E-state index < -0.39 is 11.9 Å². The van der Waals surface area contributed by atoms with E-state index in [9.17, 15) is 9.18 Å². The fourth-order valence-corrected chi connectivity index (χ4v) is 4.11. The van der Waals surface area contributed by atoms with E-state index in [1.807, 2.05) is 4.90 Å². The summed E-state index contributed by atoms with van der Waals surface area (Å²) in [4.78, 5) is 14.7. The van der Waals surface area contributed by atoms with Crippen molar-refractivity contribution in [1.29, 1.82) is 0 Å². The predicted octanol–water partition coefficient (Wildman–Crippen LogP) is 5.00. The molecule has 0 N–H and O–H groups in total. The van der Waals surface area contributed by atoms with Crippen LogP contribution < -0.4 is 0 Å². The van der Waals surface area contributed by atoms with Gasteiger partial charge >= 0.3 is 0 Å². The lowest BCUT2D eigenvalue weighted by Gasteiger charge is -2.35. The normalized spacial score (nSPS) is 23.1. The van der Waals surface area contributed by atoms with Gasteiger partial charge in [-0.3, -0.25) is 4.79 Å². The van der Waals surface area contributed by atoms with E-state index >= 15 is 0 Å². The van der Waals surface area contributed by atoms with Crippen molar-refractivity contribution in [1.82, 2.24) is 4.90 Å². The Morgan fingerprint density at radius 2 is 1.83 bits per heavy atom. The van der Waals surface area contributed by atoms with E-state index in [-0.39, 0.29) is 16.8 Å². The standard InChI is InChI=1S/C18H22Cl2FNO2/c19-14-10-15(20)16(21)9-13(14)17-11-22(7-8-24-17)18(23)12-5-3-1-2-4-6-12/h9-10,12,17H,1-8,11H2. The molecule has 1 aliphatic carbocycles. The minimum atomic E-state index is -0.521. The second kappa shape index (κ2) is 8.03. The number of ether oxygens (including phenoxy) is 1. The second-order valence-electron chi connectivity index (χ2n) is 6.62. The van der Waals surface area contributed by atoms with Gasteiger partial charge in [0.2, 0.25) is 5.91 Å². The van der Waals surface area contributed by atoms with Gasteiger partial charge in [-0.15, -0.1) is 0 Å². The van der Waals surface area contributed by atoms with Crippen LogP contribution in [0, 0.1) is 11.7 Å². The summed E-state index contributed by atoms with van der Waals surface area (Å²) in [5.74, 6) is -0.202. The van der Waals surface area contributed by atoms with Crippen LogP contribution in [0.5, 0.6) is 0 Å². The molecule has 6 heteroatoms. The van der Waals surface area contributed by atoms with E-state index in [1.165, 1.54) is 25.0 Å². The molecule has 1 aliphatic heterocycles. The van der Waals surface area contributed by atoms with Crippen LogP contribution in [0.25, 0.3) is 0 Å². The summed E-state index contributed by atoms with van der Waals surface area (Å²) in [5.41, 5.74) is 0.553. The summed E-state index contributed by atoms with van der Waals surface area (Å²) >= 11 is 12.0. The summed E-state index contributed by atoms with van der Waals surface area (Å²) in [6.07, 6.45) is 6.21. The van der Waals surface area contributed by atoms with Gasteiger partial charge in [0.25, 0.3) is 0 Å². The van der Waals surface area contributed by atoms with Crippen LogP contribution in [0.2, 0.25) is 10.0 Å². The number of morpholine rings is 1. The van der Waals surface area contributed by atoms with E-state index in [1.54, 1.807) is 0 Å². The molecule has 0 bridgehead atoms. The molecule has 1 unspecified atom stereocenters. The third kappa shape index (κ3) is 4.04. The minimum Gasteiger partial charge on any atom is -0.370 e. The molecule has 2 aliphatic rings. The first-order valence-corrected chi connectivity index (χ1v) is 9.36. The van der Waals surface area contributed by atoms with Gasteiger partial charge in [0.1, 0.15) is 11.9 Å². The number of rotatable bonds is 2. The second-order valence-corrected chi connectivity index (χ2v) is 7.43. The van der Waals surface area contributed by atoms with Gasteiger partial charge in [-0.2, -0.15) is 0 Å². The topological polar surface area (TPSA) is 29.5 Å². The molecule has 3 rings (SSSR count). The number of hydrogen-bond acceptors (Lipinski definition) is 2. The smallest absolute Gasteiger partial charge is 0.225 e. The number of nitrogens with zero attached hydrogens (tertiary/aromatic N) is 1. The zero-order valence-electron chi connectivity index (χ0n) is 13.6. The summed E-state index contributed by atoms with van der Waals surface area (Å²) in [6, 6.07) is 2.71. The molecular formula is C18H22Cl2FNO2. The molecular weight excluding hydrogens is 352 g/mol. The van der Waals surface area contributed by atoms with Crippen LogP contribution in [-0.2, 0) is 9.53 Å². The van der Waals surface area contributed by atoms with E-state index in [0.29, 0.717) is 30.3 Å². The lowest BCUT2D eigenvalue weighted by Crippen LogP contribution is -2.45. The van der Waals surface area contributed by atoms with Crippen molar-refractivity contribution in [2.75, 3.05) is 19.7 Å². The average molecular weight is 374 g/mol. The Morgan fingerprint density at radius 1 is 1.12 bits per heavy atom. The third-order valence-electron chi connectivity index (χ3n) is 4.97. The molecule has 1 aromatic carbocycles. The minimum absolute atomic E-state index is 0.00838.